The lowest BCUT2D eigenvalue weighted by Crippen LogP contribution is -2.35. The Hall–Kier alpha value is -1.82. The molecule has 0 unspecified atom stereocenters. The molecule has 0 bridgehead atoms. The molecule has 89 valence electrons. The van der Waals surface area contributed by atoms with E-state index in [4.69, 9.17) is 15.5 Å². The lowest BCUT2D eigenvalue weighted by molar-refractivity contribution is -0.138. The van der Waals surface area contributed by atoms with Crippen LogP contribution in [0, 0.1) is 0 Å². The van der Waals surface area contributed by atoms with Crippen LogP contribution >= 0.6 is 0 Å². The van der Waals surface area contributed by atoms with Gasteiger partial charge in [0, 0.05) is 6.42 Å². The van der Waals surface area contributed by atoms with Crippen LogP contribution in [0.15, 0.2) is 30.3 Å². The molecule has 0 aliphatic heterocycles. The lowest BCUT2D eigenvalue weighted by atomic mass is 9.88. The number of rotatable bonds is 6. The van der Waals surface area contributed by atoms with Crippen molar-refractivity contribution >= 4 is 24.9 Å². The first-order chi connectivity index (χ1) is 8.09. The standard InChI is InChI=1S/C11H13BNO4/c13-9(6-7-10(14)15)11(16)17-12-8-4-2-1-3-5-8/h1-5,9H,6-7,13H2,(H,14,15)/t9-/m0/s1. The second kappa shape index (κ2) is 6.70. The van der Waals surface area contributed by atoms with Crippen molar-refractivity contribution in [1.29, 1.82) is 0 Å². The normalized spacial score (nSPS) is 11.6. The van der Waals surface area contributed by atoms with Gasteiger partial charge in [-0.15, -0.1) is 0 Å². The fourth-order valence-corrected chi connectivity index (χ4v) is 1.14. The minimum Gasteiger partial charge on any atom is -0.532 e. The largest absolute Gasteiger partial charge is 0.532 e. The van der Waals surface area contributed by atoms with Gasteiger partial charge in [0.25, 0.3) is 0 Å². The molecule has 6 heteroatoms. The second-order valence-electron chi connectivity index (χ2n) is 3.50. The summed E-state index contributed by atoms with van der Waals surface area (Å²) in [6.07, 6.45) is -0.0849. The monoisotopic (exact) mass is 234 g/mol. The lowest BCUT2D eigenvalue weighted by Gasteiger charge is -2.09. The Bertz CT molecular complexity index is 382. The van der Waals surface area contributed by atoms with Crippen molar-refractivity contribution in [2.75, 3.05) is 0 Å². The summed E-state index contributed by atoms with van der Waals surface area (Å²) in [6, 6.07) is 8.10. The van der Waals surface area contributed by atoms with Crippen LogP contribution in [0.4, 0.5) is 0 Å². The number of nitrogens with two attached hydrogens (primary N) is 1. The number of carbonyl (C=O) groups is 2. The van der Waals surface area contributed by atoms with Gasteiger partial charge in [0.1, 0.15) is 6.04 Å². The van der Waals surface area contributed by atoms with Gasteiger partial charge in [-0.3, -0.25) is 9.59 Å². The molecule has 0 aliphatic carbocycles. The van der Waals surface area contributed by atoms with E-state index in [2.05, 4.69) is 0 Å². The summed E-state index contributed by atoms with van der Waals surface area (Å²) in [5, 5.41) is 8.44. The SMILES string of the molecule is N[C@@H](CCC(=O)O)C(=O)O[B]c1ccccc1. The molecule has 0 spiro atoms. The van der Waals surface area contributed by atoms with Gasteiger partial charge in [-0.25, -0.2) is 0 Å². The summed E-state index contributed by atoms with van der Waals surface area (Å²) in [4.78, 5) is 21.6. The molecule has 0 fully saturated rings. The highest BCUT2D eigenvalue weighted by Gasteiger charge is 2.16. The maximum Gasteiger partial charge on any atom is 0.412 e. The van der Waals surface area contributed by atoms with E-state index < -0.39 is 18.0 Å². The first kappa shape index (κ1) is 13.3. The van der Waals surface area contributed by atoms with Gasteiger partial charge >= 0.3 is 19.4 Å². The third-order valence-corrected chi connectivity index (χ3v) is 2.08. The number of hydrogen-bond acceptors (Lipinski definition) is 4. The minimum atomic E-state index is -0.986. The van der Waals surface area contributed by atoms with Crippen molar-refractivity contribution in [3.63, 3.8) is 0 Å². The summed E-state index contributed by atoms with van der Waals surface area (Å²) in [7, 11) is 1.29. The van der Waals surface area contributed by atoms with Crippen LogP contribution in [0.3, 0.4) is 0 Å². The first-order valence-electron chi connectivity index (χ1n) is 5.15. The Morgan fingerprint density at radius 1 is 1.35 bits per heavy atom. The van der Waals surface area contributed by atoms with E-state index in [9.17, 15) is 9.59 Å². The molecule has 0 amide bonds. The fraction of sp³-hybridized carbons (Fsp3) is 0.273. The Labute approximate surface area is 99.8 Å². The average molecular weight is 234 g/mol. The molecule has 0 saturated heterocycles. The van der Waals surface area contributed by atoms with E-state index in [1.54, 1.807) is 12.1 Å². The molecule has 1 atom stereocenters. The van der Waals surface area contributed by atoms with Gasteiger partial charge in [0.05, 0.1) is 0 Å². The van der Waals surface area contributed by atoms with Crippen LogP contribution in [-0.4, -0.2) is 30.6 Å². The topological polar surface area (TPSA) is 89.6 Å². The maximum atomic E-state index is 11.4. The Morgan fingerprint density at radius 2 is 2.00 bits per heavy atom. The van der Waals surface area contributed by atoms with Crippen molar-refractivity contribution < 1.29 is 19.3 Å². The van der Waals surface area contributed by atoms with E-state index in [0.29, 0.717) is 0 Å². The molecule has 1 radical (unpaired) electrons. The summed E-state index contributed by atoms with van der Waals surface area (Å²) in [5.41, 5.74) is 6.21. The van der Waals surface area contributed by atoms with Gasteiger partial charge in [0.2, 0.25) is 0 Å². The van der Waals surface area contributed by atoms with E-state index >= 15 is 0 Å². The quantitative estimate of drug-likeness (QED) is 0.657. The highest BCUT2D eigenvalue weighted by molar-refractivity contribution is 6.48. The molecular formula is C11H13BNO4. The number of carbonyl (C=O) groups excluding carboxylic acids is 1. The molecule has 0 heterocycles. The average Bonchev–Trinajstić information content (AvgIpc) is 2.34. The fourth-order valence-electron chi connectivity index (χ4n) is 1.14. The molecule has 5 nitrogen and oxygen atoms in total. The van der Waals surface area contributed by atoms with Gasteiger partial charge in [-0.1, -0.05) is 30.3 Å². The molecule has 0 aromatic heterocycles. The molecular weight excluding hydrogens is 221 g/mol. The molecule has 1 aromatic carbocycles. The first-order valence-corrected chi connectivity index (χ1v) is 5.15. The summed E-state index contributed by atoms with van der Waals surface area (Å²) in [6.45, 7) is 0. The van der Waals surface area contributed by atoms with Crippen molar-refractivity contribution in [2.45, 2.75) is 18.9 Å². The van der Waals surface area contributed by atoms with E-state index in [1.165, 1.54) is 7.48 Å². The highest BCUT2D eigenvalue weighted by Crippen LogP contribution is 1.96. The third kappa shape index (κ3) is 5.17. The summed E-state index contributed by atoms with van der Waals surface area (Å²) in [5.74, 6) is -1.62. The van der Waals surface area contributed by atoms with Gasteiger partial charge in [-0.05, 0) is 11.9 Å². The minimum absolute atomic E-state index is 0.0663. The number of benzene rings is 1. The summed E-state index contributed by atoms with van der Waals surface area (Å²) >= 11 is 0. The van der Waals surface area contributed by atoms with E-state index in [1.807, 2.05) is 18.2 Å². The number of carboxylic acids is 1. The van der Waals surface area contributed by atoms with Crippen LogP contribution in [0.25, 0.3) is 0 Å². The van der Waals surface area contributed by atoms with Crippen LogP contribution < -0.4 is 11.2 Å². The van der Waals surface area contributed by atoms with Crippen molar-refractivity contribution in [3.8, 4) is 0 Å². The predicted octanol–water partition coefficient (Wildman–Crippen LogP) is -0.334. The highest BCUT2D eigenvalue weighted by atomic mass is 16.5. The molecule has 1 aromatic rings. The van der Waals surface area contributed by atoms with Crippen LogP contribution in [-0.2, 0) is 14.2 Å². The van der Waals surface area contributed by atoms with Crippen molar-refractivity contribution in [1.82, 2.24) is 0 Å². The smallest absolute Gasteiger partial charge is 0.412 e. The zero-order chi connectivity index (χ0) is 12.7. The summed E-state index contributed by atoms with van der Waals surface area (Å²) < 4.78 is 4.84. The van der Waals surface area contributed by atoms with Crippen LogP contribution in [0.1, 0.15) is 12.8 Å². The number of hydrogen-bond donors (Lipinski definition) is 2. The molecule has 17 heavy (non-hydrogen) atoms. The van der Waals surface area contributed by atoms with Crippen molar-refractivity contribution in [3.05, 3.63) is 30.3 Å². The molecule has 0 aliphatic rings. The zero-order valence-electron chi connectivity index (χ0n) is 9.20. The third-order valence-electron chi connectivity index (χ3n) is 2.08. The van der Waals surface area contributed by atoms with Gasteiger partial charge in [0.15, 0.2) is 0 Å². The van der Waals surface area contributed by atoms with Gasteiger partial charge in [-0.2, -0.15) is 0 Å². The van der Waals surface area contributed by atoms with Crippen LogP contribution in [0.2, 0.25) is 0 Å². The predicted molar refractivity (Wildman–Crippen MR) is 62.8 cm³/mol. The number of carboxylic acid groups (broad SMARTS) is 1. The Balaban J connectivity index is 2.32. The molecule has 3 N–H and O–H groups in total. The molecule has 0 saturated carbocycles. The number of aliphatic carboxylic acids is 1. The van der Waals surface area contributed by atoms with E-state index in [-0.39, 0.29) is 12.8 Å². The maximum absolute atomic E-state index is 11.4. The zero-order valence-corrected chi connectivity index (χ0v) is 9.20. The Kier molecular flexibility index (Phi) is 5.22. The van der Waals surface area contributed by atoms with Gasteiger partial charge < -0.3 is 15.5 Å². The molecule has 1 rings (SSSR count). The van der Waals surface area contributed by atoms with Crippen molar-refractivity contribution in [2.24, 2.45) is 5.73 Å². The van der Waals surface area contributed by atoms with E-state index in [0.717, 1.165) is 5.46 Å². The second-order valence-corrected chi connectivity index (χ2v) is 3.50. The van der Waals surface area contributed by atoms with Crippen LogP contribution in [0.5, 0.6) is 0 Å². The Morgan fingerprint density at radius 3 is 2.59 bits per heavy atom.